The highest BCUT2D eigenvalue weighted by Crippen LogP contribution is 2.26. The monoisotopic (exact) mass is 485 g/mol. The minimum Gasteiger partial charge on any atom is -0.302 e. The summed E-state index contributed by atoms with van der Waals surface area (Å²) in [6, 6.07) is 14.2. The molecule has 4 rings (SSSR count). The van der Waals surface area contributed by atoms with Gasteiger partial charge in [0.05, 0.1) is 10.6 Å². The van der Waals surface area contributed by atoms with Crippen LogP contribution in [0.25, 0.3) is 11.3 Å². The van der Waals surface area contributed by atoms with Crippen LogP contribution in [-0.4, -0.2) is 58.3 Å². The van der Waals surface area contributed by atoms with Crippen LogP contribution in [0.3, 0.4) is 0 Å². The quantitative estimate of drug-likeness (QED) is 0.372. The van der Waals surface area contributed by atoms with E-state index in [0.717, 1.165) is 43.0 Å². The molecule has 172 valence electrons. The third-order valence-electron chi connectivity index (χ3n) is 5.54. The summed E-state index contributed by atoms with van der Waals surface area (Å²) < 4.78 is 0. The van der Waals surface area contributed by atoms with Crippen molar-refractivity contribution in [1.29, 1.82) is 0 Å². The number of hydrogen-bond acceptors (Lipinski definition) is 7. The van der Waals surface area contributed by atoms with E-state index in [0.29, 0.717) is 29.7 Å². The normalized spacial score (nSPS) is 14.8. The summed E-state index contributed by atoms with van der Waals surface area (Å²) in [5.41, 5.74) is 2.84. The van der Waals surface area contributed by atoms with Gasteiger partial charge in [0.15, 0.2) is 5.13 Å². The predicted molar refractivity (Wildman–Crippen MR) is 131 cm³/mol. The Hall–Kier alpha value is -2.85. The number of carbonyl (C=O) groups excluding carboxylic acids is 1. The molecule has 1 aromatic heterocycles. The number of nitrogens with zero attached hydrogens (tertiary/aromatic N) is 4. The molecule has 0 aliphatic carbocycles. The third kappa shape index (κ3) is 6.58. The highest BCUT2D eigenvalue weighted by Gasteiger charge is 2.19. The number of amides is 1. The summed E-state index contributed by atoms with van der Waals surface area (Å²) in [5.74, 6) is -0.0500. The van der Waals surface area contributed by atoms with E-state index in [1.807, 2.05) is 35.7 Å². The summed E-state index contributed by atoms with van der Waals surface area (Å²) in [5, 5.41) is 17.0. The van der Waals surface area contributed by atoms with Crippen molar-refractivity contribution >= 4 is 39.7 Å². The van der Waals surface area contributed by atoms with Crippen LogP contribution in [0, 0.1) is 10.1 Å². The highest BCUT2D eigenvalue weighted by molar-refractivity contribution is 7.14. The summed E-state index contributed by atoms with van der Waals surface area (Å²) in [6.07, 6.45) is 0.404. The van der Waals surface area contributed by atoms with Crippen molar-refractivity contribution in [2.24, 2.45) is 0 Å². The molecule has 10 heteroatoms. The molecule has 2 heterocycles. The van der Waals surface area contributed by atoms with Gasteiger partial charge in [0, 0.05) is 73.8 Å². The lowest BCUT2D eigenvalue weighted by Gasteiger charge is -2.34. The Morgan fingerprint density at radius 3 is 2.58 bits per heavy atom. The summed E-state index contributed by atoms with van der Waals surface area (Å²) in [7, 11) is 0. The molecular formula is C23H24ClN5O3S. The van der Waals surface area contributed by atoms with Gasteiger partial charge in [-0.15, -0.1) is 11.3 Å². The number of rotatable bonds is 8. The van der Waals surface area contributed by atoms with E-state index in [1.54, 1.807) is 12.1 Å². The highest BCUT2D eigenvalue weighted by atomic mass is 35.5. The first-order valence-corrected chi connectivity index (χ1v) is 11.9. The second-order valence-corrected chi connectivity index (χ2v) is 9.18. The molecule has 0 saturated carbocycles. The van der Waals surface area contributed by atoms with Crippen LogP contribution in [-0.2, 0) is 11.3 Å². The van der Waals surface area contributed by atoms with Gasteiger partial charge >= 0.3 is 0 Å². The summed E-state index contributed by atoms with van der Waals surface area (Å²) in [6.45, 7) is 4.82. The van der Waals surface area contributed by atoms with E-state index in [2.05, 4.69) is 20.1 Å². The zero-order valence-corrected chi connectivity index (χ0v) is 19.5. The molecule has 0 atom stereocenters. The Labute approximate surface area is 201 Å². The molecule has 1 aliphatic rings. The average molecular weight is 486 g/mol. The standard InChI is InChI=1S/C23H24ClN5O3S/c24-19-6-4-18(5-7-19)21-16-33-23(25-21)26-22(30)8-9-27-10-12-28(13-11-27)15-17-2-1-3-20(14-17)29(31)32/h1-7,14,16H,8-13,15H2,(H,25,26,30). The second kappa shape index (κ2) is 10.8. The van der Waals surface area contributed by atoms with E-state index in [9.17, 15) is 14.9 Å². The number of carbonyl (C=O) groups is 1. The number of anilines is 1. The number of aromatic nitrogens is 1. The maximum absolute atomic E-state index is 12.4. The number of thiazole rings is 1. The van der Waals surface area contributed by atoms with E-state index < -0.39 is 0 Å². The smallest absolute Gasteiger partial charge is 0.269 e. The minimum atomic E-state index is -0.364. The van der Waals surface area contributed by atoms with Gasteiger partial charge in [-0.25, -0.2) is 4.98 Å². The molecule has 0 spiro atoms. The van der Waals surface area contributed by atoms with Gasteiger partial charge in [-0.1, -0.05) is 35.9 Å². The number of nitro groups is 1. The van der Waals surface area contributed by atoms with Crippen LogP contribution in [0.1, 0.15) is 12.0 Å². The van der Waals surface area contributed by atoms with Gasteiger partial charge in [0.1, 0.15) is 0 Å². The molecule has 8 nitrogen and oxygen atoms in total. The number of halogens is 1. The fraction of sp³-hybridized carbons (Fsp3) is 0.304. The van der Waals surface area contributed by atoms with E-state index in [1.165, 1.54) is 17.4 Å². The molecule has 1 amide bonds. The van der Waals surface area contributed by atoms with Gasteiger partial charge in [-0.05, 0) is 17.7 Å². The molecule has 0 bridgehead atoms. The molecule has 0 unspecified atom stereocenters. The predicted octanol–water partition coefficient (Wildman–Crippen LogP) is 4.52. The Kier molecular flexibility index (Phi) is 7.66. The molecule has 1 N–H and O–H groups in total. The zero-order valence-electron chi connectivity index (χ0n) is 17.9. The van der Waals surface area contributed by atoms with Crippen LogP contribution < -0.4 is 5.32 Å². The minimum absolute atomic E-state index is 0.0500. The fourth-order valence-electron chi connectivity index (χ4n) is 3.72. The van der Waals surface area contributed by atoms with Crippen molar-refractivity contribution in [2.75, 3.05) is 38.0 Å². The largest absolute Gasteiger partial charge is 0.302 e. The molecule has 33 heavy (non-hydrogen) atoms. The number of piperazine rings is 1. The van der Waals surface area contributed by atoms with Crippen molar-refractivity contribution in [1.82, 2.24) is 14.8 Å². The molecule has 2 aromatic carbocycles. The van der Waals surface area contributed by atoms with Crippen LogP contribution in [0.4, 0.5) is 10.8 Å². The first-order chi connectivity index (χ1) is 16.0. The first kappa shape index (κ1) is 23.3. The number of hydrogen-bond donors (Lipinski definition) is 1. The molecule has 1 fully saturated rings. The van der Waals surface area contributed by atoms with Gasteiger partial charge in [0.2, 0.25) is 5.91 Å². The molecule has 3 aromatic rings. The Morgan fingerprint density at radius 1 is 1.12 bits per heavy atom. The van der Waals surface area contributed by atoms with E-state index >= 15 is 0 Å². The lowest BCUT2D eigenvalue weighted by atomic mass is 10.1. The molecule has 1 aliphatic heterocycles. The zero-order chi connectivity index (χ0) is 23.2. The molecule has 0 radical (unpaired) electrons. The first-order valence-electron chi connectivity index (χ1n) is 10.7. The Morgan fingerprint density at radius 2 is 1.85 bits per heavy atom. The fourth-order valence-corrected chi connectivity index (χ4v) is 4.59. The van der Waals surface area contributed by atoms with Gasteiger partial charge in [-0.3, -0.25) is 19.8 Å². The third-order valence-corrected chi connectivity index (χ3v) is 6.55. The van der Waals surface area contributed by atoms with Crippen molar-refractivity contribution < 1.29 is 9.72 Å². The van der Waals surface area contributed by atoms with Crippen molar-refractivity contribution in [3.63, 3.8) is 0 Å². The molecule has 1 saturated heterocycles. The van der Waals surface area contributed by atoms with Crippen LogP contribution >= 0.6 is 22.9 Å². The number of benzene rings is 2. The SMILES string of the molecule is O=C(CCN1CCN(Cc2cccc([N+](=O)[O-])c2)CC1)Nc1nc(-c2ccc(Cl)cc2)cs1. The van der Waals surface area contributed by atoms with E-state index in [-0.39, 0.29) is 16.5 Å². The van der Waals surface area contributed by atoms with Crippen LogP contribution in [0.15, 0.2) is 53.9 Å². The van der Waals surface area contributed by atoms with Crippen LogP contribution in [0.2, 0.25) is 5.02 Å². The molecular weight excluding hydrogens is 462 g/mol. The van der Waals surface area contributed by atoms with Gasteiger partial charge in [0.25, 0.3) is 5.69 Å². The maximum Gasteiger partial charge on any atom is 0.269 e. The Bertz CT molecular complexity index is 1110. The number of non-ortho nitro benzene ring substituents is 1. The van der Waals surface area contributed by atoms with Gasteiger partial charge < -0.3 is 10.2 Å². The topological polar surface area (TPSA) is 91.6 Å². The van der Waals surface area contributed by atoms with Crippen molar-refractivity contribution in [2.45, 2.75) is 13.0 Å². The Balaban J connectivity index is 1.19. The number of nitrogens with one attached hydrogen (secondary N) is 1. The van der Waals surface area contributed by atoms with Crippen molar-refractivity contribution in [3.8, 4) is 11.3 Å². The number of nitro benzene ring substituents is 1. The summed E-state index contributed by atoms with van der Waals surface area (Å²) in [4.78, 5) is 32.0. The van der Waals surface area contributed by atoms with Crippen molar-refractivity contribution in [3.05, 3.63) is 74.6 Å². The van der Waals surface area contributed by atoms with Gasteiger partial charge in [-0.2, -0.15) is 0 Å². The maximum atomic E-state index is 12.4. The lowest BCUT2D eigenvalue weighted by molar-refractivity contribution is -0.384. The lowest BCUT2D eigenvalue weighted by Crippen LogP contribution is -2.46. The van der Waals surface area contributed by atoms with E-state index in [4.69, 9.17) is 11.6 Å². The average Bonchev–Trinajstić information content (AvgIpc) is 3.27. The van der Waals surface area contributed by atoms with Crippen LogP contribution in [0.5, 0.6) is 0 Å². The second-order valence-electron chi connectivity index (χ2n) is 7.89. The summed E-state index contributed by atoms with van der Waals surface area (Å²) >= 11 is 7.33.